The topological polar surface area (TPSA) is 54.5 Å². The summed E-state index contributed by atoms with van der Waals surface area (Å²) < 4.78 is 26.2. The lowest BCUT2D eigenvalue weighted by Crippen LogP contribution is -2.29. The average Bonchev–Trinajstić information content (AvgIpc) is 2.78. The summed E-state index contributed by atoms with van der Waals surface area (Å²) in [6.45, 7) is 4.09. The van der Waals surface area contributed by atoms with Gasteiger partial charge in [-0.05, 0) is 26.0 Å². The number of hydrogen-bond donors (Lipinski definition) is 0. The molecule has 2 rings (SSSR count). The monoisotopic (exact) mass is 279 g/mol. The molecule has 0 bridgehead atoms. The van der Waals surface area contributed by atoms with Crippen molar-refractivity contribution in [3.63, 3.8) is 0 Å². The van der Waals surface area contributed by atoms with Gasteiger partial charge < -0.3 is 0 Å². The molecule has 0 N–H and O–H groups in total. The van der Waals surface area contributed by atoms with E-state index in [1.54, 1.807) is 24.3 Å². The predicted octanol–water partition coefficient (Wildman–Crippen LogP) is 1.90. The number of nitrogens with zero attached hydrogens (tertiary/aromatic N) is 1. The summed E-state index contributed by atoms with van der Waals surface area (Å²) in [5, 5.41) is 0. The lowest BCUT2D eigenvalue weighted by molar-refractivity contribution is -0.116. The van der Waals surface area contributed by atoms with Gasteiger partial charge in [-0.15, -0.1) is 0 Å². The minimum Gasteiger partial charge on any atom is -0.300 e. The first-order chi connectivity index (χ1) is 8.89. The van der Waals surface area contributed by atoms with Gasteiger partial charge in [0.1, 0.15) is 5.78 Å². The number of Topliss-reactive ketones (excluding diaryl/α,β-unsaturated/α-hetero) is 1. The van der Waals surface area contributed by atoms with E-state index in [9.17, 15) is 13.2 Å². The van der Waals surface area contributed by atoms with Crippen molar-refractivity contribution in [2.75, 3.05) is 13.1 Å². The van der Waals surface area contributed by atoms with Gasteiger partial charge in [0.15, 0.2) is 0 Å². The Morgan fingerprint density at radius 3 is 2.47 bits per heavy atom. The highest BCUT2D eigenvalue weighted by molar-refractivity contribution is 7.89. The molecule has 1 aromatic rings. The number of hydrogen-bond acceptors (Lipinski definition) is 3. The summed E-state index contributed by atoms with van der Waals surface area (Å²) in [4.78, 5) is 11.4. The molecule has 1 aliphatic heterocycles. The number of carbonyl (C=O) groups is 1. The van der Waals surface area contributed by atoms with E-state index in [-0.39, 0.29) is 5.78 Å². The highest BCUT2D eigenvalue weighted by Gasteiger charge is 2.28. The van der Waals surface area contributed by atoms with Gasteiger partial charge in [0.2, 0.25) is 10.0 Å². The molecule has 1 aromatic carbocycles. The lowest BCUT2D eigenvalue weighted by atomic mass is 10.1. The van der Waals surface area contributed by atoms with Crippen LogP contribution in [0.4, 0.5) is 0 Å². The Labute approximate surface area is 113 Å². The number of aryl methyl sites for hydroxylation is 1. The molecule has 0 unspecified atom stereocenters. The zero-order valence-corrected chi connectivity index (χ0v) is 11.9. The number of ketones is 1. The van der Waals surface area contributed by atoms with E-state index >= 15 is 0 Å². The molecule has 0 aromatic heterocycles. The fourth-order valence-electron chi connectivity index (χ4n) is 2.08. The molecule has 0 spiro atoms. The van der Waals surface area contributed by atoms with E-state index in [4.69, 9.17) is 0 Å². The van der Waals surface area contributed by atoms with E-state index in [2.05, 4.69) is 0 Å². The maximum atomic E-state index is 12.4. The lowest BCUT2D eigenvalue weighted by Gasteiger charge is -2.16. The standard InChI is InChI=1S/C14H17NO3S/c1-11-3-5-14(6-4-11)19(17,18)15-8-7-13(10-15)9-12(2)16/h3-7H,8-10H2,1-2H3. The van der Waals surface area contributed by atoms with Crippen molar-refractivity contribution in [3.8, 4) is 0 Å². The second-order valence-corrected chi connectivity index (χ2v) is 6.79. The van der Waals surface area contributed by atoms with Gasteiger partial charge in [0.25, 0.3) is 0 Å². The van der Waals surface area contributed by atoms with E-state index in [0.717, 1.165) is 11.1 Å². The van der Waals surface area contributed by atoms with Crippen LogP contribution in [0.3, 0.4) is 0 Å². The van der Waals surface area contributed by atoms with Crippen molar-refractivity contribution in [2.45, 2.75) is 25.2 Å². The summed E-state index contributed by atoms with van der Waals surface area (Å²) >= 11 is 0. The van der Waals surface area contributed by atoms with Crippen LogP contribution in [-0.4, -0.2) is 31.6 Å². The normalized spacial score (nSPS) is 16.4. The van der Waals surface area contributed by atoms with Crippen molar-refractivity contribution in [2.24, 2.45) is 0 Å². The maximum Gasteiger partial charge on any atom is 0.243 e. The molecule has 102 valence electrons. The van der Waals surface area contributed by atoms with Gasteiger partial charge in [0, 0.05) is 19.5 Å². The molecule has 0 amide bonds. The van der Waals surface area contributed by atoms with Crippen molar-refractivity contribution in [1.82, 2.24) is 4.31 Å². The Kier molecular flexibility index (Phi) is 3.87. The molecule has 0 atom stereocenters. The van der Waals surface area contributed by atoms with E-state index < -0.39 is 10.0 Å². The fourth-order valence-corrected chi connectivity index (χ4v) is 3.46. The molecule has 1 heterocycles. The molecular formula is C14H17NO3S. The van der Waals surface area contributed by atoms with E-state index in [1.165, 1.54) is 11.2 Å². The SMILES string of the molecule is CC(=O)CC1=CCN(S(=O)(=O)c2ccc(C)cc2)C1. The summed E-state index contributed by atoms with van der Waals surface area (Å²) in [7, 11) is -3.45. The molecule has 0 aliphatic carbocycles. The Bertz CT molecular complexity index is 615. The maximum absolute atomic E-state index is 12.4. The van der Waals surface area contributed by atoms with Crippen LogP contribution >= 0.6 is 0 Å². The van der Waals surface area contributed by atoms with E-state index in [1.807, 2.05) is 13.0 Å². The second kappa shape index (κ2) is 5.27. The van der Waals surface area contributed by atoms with Crippen LogP contribution in [-0.2, 0) is 14.8 Å². The third kappa shape index (κ3) is 3.11. The Morgan fingerprint density at radius 2 is 1.89 bits per heavy atom. The smallest absolute Gasteiger partial charge is 0.243 e. The molecule has 1 aliphatic rings. The van der Waals surface area contributed by atoms with Crippen molar-refractivity contribution < 1.29 is 13.2 Å². The molecule has 5 heteroatoms. The van der Waals surface area contributed by atoms with Crippen LogP contribution in [0.5, 0.6) is 0 Å². The number of rotatable bonds is 4. The van der Waals surface area contributed by atoms with Crippen LogP contribution in [0, 0.1) is 6.92 Å². The van der Waals surface area contributed by atoms with Gasteiger partial charge in [-0.3, -0.25) is 4.79 Å². The van der Waals surface area contributed by atoms with Gasteiger partial charge >= 0.3 is 0 Å². The van der Waals surface area contributed by atoms with Crippen LogP contribution in [0.2, 0.25) is 0 Å². The number of benzene rings is 1. The summed E-state index contributed by atoms with van der Waals surface area (Å²) in [6, 6.07) is 6.81. The molecule has 19 heavy (non-hydrogen) atoms. The van der Waals surface area contributed by atoms with Crippen molar-refractivity contribution in [3.05, 3.63) is 41.5 Å². The Hall–Kier alpha value is -1.46. The van der Waals surface area contributed by atoms with Crippen LogP contribution in [0.1, 0.15) is 18.9 Å². The molecule has 0 radical (unpaired) electrons. The van der Waals surface area contributed by atoms with Gasteiger partial charge in [-0.2, -0.15) is 4.31 Å². The first kappa shape index (κ1) is 14.0. The quantitative estimate of drug-likeness (QED) is 0.791. The van der Waals surface area contributed by atoms with Crippen molar-refractivity contribution >= 4 is 15.8 Å². The largest absolute Gasteiger partial charge is 0.300 e. The van der Waals surface area contributed by atoms with Crippen molar-refractivity contribution in [1.29, 1.82) is 0 Å². The summed E-state index contributed by atoms with van der Waals surface area (Å²) in [6.07, 6.45) is 2.16. The highest BCUT2D eigenvalue weighted by atomic mass is 32.2. The number of sulfonamides is 1. The summed E-state index contributed by atoms with van der Waals surface area (Å²) in [5.41, 5.74) is 1.90. The van der Waals surface area contributed by atoms with Gasteiger partial charge in [0.05, 0.1) is 4.90 Å². The zero-order chi connectivity index (χ0) is 14.0. The summed E-state index contributed by atoms with van der Waals surface area (Å²) in [5.74, 6) is 0.0563. The third-order valence-corrected chi connectivity index (χ3v) is 4.92. The third-order valence-electron chi connectivity index (χ3n) is 3.10. The Morgan fingerprint density at radius 1 is 1.26 bits per heavy atom. The molecule has 4 nitrogen and oxygen atoms in total. The highest BCUT2D eigenvalue weighted by Crippen LogP contribution is 2.22. The van der Waals surface area contributed by atoms with Gasteiger partial charge in [-0.1, -0.05) is 29.3 Å². The van der Waals surface area contributed by atoms with Crippen LogP contribution < -0.4 is 0 Å². The zero-order valence-electron chi connectivity index (χ0n) is 11.1. The fraction of sp³-hybridized carbons (Fsp3) is 0.357. The second-order valence-electron chi connectivity index (χ2n) is 4.85. The van der Waals surface area contributed by atoms with Gasteiger partial charge in [-0.25, -0.2) is 8.42 Å². The Balaban J connectivity index is 2.15. The molecule has 0 saturated carbocycles. The predicted molar refractivity (Wildman–Crippen MR) is 73.3 cm³/mol. The first-order valence-corrected chi connectivity index (χ1v) is 7.58. The molecule has 0 saturated heterocycles. The minimum atomic E-state index is -3.45. The van der Waals surface area contributed by atoms with Crippen LogP contribution in [0.15, 0.2) is 40.8 Å². The minimum absolute atomic E-state index is 0.0563. The number of carbonyl (C=O) groups excluding carboxylic acids is 1. The van der Waals surface area contributed by atoms with Crippen LogP contribution in [0.25, 0.3) is 0 Å². The average molecular weight is 279 g/mol. The molecular weight excluding hydrogens is 262 g/mol. The first-order valence-electron chi connectivity index (χ1n) is 6.14. The van der Waals surface area contributed by atoms with E-state index in [0.29, 0.717) is 24.4 Å². The molecule has 0 fully saturated rings.